The van der Waals surface area contributed by atoms with E-state index < -0.39 is 14.0 Å². The maximum absolute atomic E-state index is 11.0. The number of carboxylic acids is 1. The Kier molecular flexibility index (Phi) is 4.80. The second-order valence-electron chi connectivity index (χ2n) is 5.64. The van der Waals surface area contributed by atoms with Gasteiger partial charge in [-0.15, -0.1) is 0 Å². The molecule has 1 atom stereocenters. The third kappa shape index (κ3) is 4.51. The molecule has 1 N–H and O–H groups in total. The molecule has 0 spiro atoms. The van der Waals surface area contributed by atoms with Gasteiger partial charge in [-0.3, -0.25) is 4.79 Å². The number of carbonyl (C=O) groups is 1. The van der Waals surface area contributed by atoms with Gasteiger partial charge in [-0.2, -0.15) is 0 Å². The van der Waals surface area contributed by atoms with E-state index in [1.54, 1.807) is 6.92 Å². The molecule has 0 saturated heterocycles. The van der Waals surface area contributed by atoms with Crippen LogP contribution in [0.25, 0.3) is 0 Å². The summed E-state index contributed by atoms with van der Waals surface area (Å²) in [6.07, 6.45) is 0. The van der Waals surface area contributed by atoms with E-state index in [1.165, 1.54) is 0 Å². The average Bonchev–Trinajstić information content (AvgIpc) is 1.99. The van der Waals surface area contributed by atoms with E-state index in [0.717, 1.165) is 4.48 Å². The van der Waals surface area contributed by atoms with Gasteiger partial charge in [-0.25, -0.2) is 0 Å². The molecule has 1 unspecified atom stereocenters. The van der Waals surface area contributed by atoms with Gasteiger partial charge < -0.3 is 5.11 Å². The van der Waals surface area contributed by atoms with Crippen LogP contribution in [-0.4, -0.2) is 19.1 Å². The topological polar surface area (TPSA) is 37.3 Å². The molecule has 2 nitrogen and oxygen atoms in total. The van der Waals surface area contributed by atoms with Crippen LogP contribution in [0.5, 0.6) is 0 Å². The zero-order chi connectivity index (χ0) is 12.4. The average molecular weight is 293 g/mol. The van der Waals surface area contributed by atoms with Crippen molar-refractivity contribution in [1.29, 1.82) is 0 Å². The monoisotopic (exact) mass is 292 g/mol. The lowest BCUT2D eigenvalue weighted by Gasteiger charge is -2.30. The van der Waals surface area contributed by atoms with Crippen molar-refractivity contribution < 1.29 is 9.90 Å². The van der Waals surface area contributed by atoms with Gasteiger partial charge in [0.05, 0.1) is 14.0 Å². The largest absolute Gasteiger partial charge is 0.481 e. The van der Waals surface area contributed by atoms with E-state index in [9.17, 15) is 4.79 Å². The van der Waals surface area contributed by atoms with Gasteiger partial charge in [0.2, 0.25) is 0 Å². The molecular formula is C11H21BrO2Si. The van der Waals surface area contributed by atoms with Crippen molar-refractivity contribution in [3.8, 4) is 0 Å². The van der Waals surface area contributed by atoms with Gasteiger partial charge in [0.1, 0.15) is 0 Å². The summed E-state index contributed by atoms with van der Waals surface area (Å²) < 4.78 is 1.02. The Morgan fingerprint density at radius 1 is 1.40 bits per heavy atom. The second kappa shape index (κ2) is 4.83. The molecule has 0 heterocycles. The number of hydrogen-bond acceptors (Lipinski definition) is 1. The van der Waals surface area contributed by atoms with Crippen molar-refractivity contribution in [2.75, 3.05) is 0 Å². The molecule has 0 rings (SSSR count). The van der Waals surface area contributed by atoms with Crippen molar-refractivity contribution in [3.63, 3.8) is 0 Å². The maximum Gasteiger partial charge on any atom is 0.307 e. The highest BCUT2D eigenvalue weighted by Gasteiger charge is 2.34. The third-order valence-electron chi connectivity index (χ3n) is 2.63. The Bertz CT molecular complexity index is 277. The fraction of sp³-hybridized carbons (Fsp3) is 0.727. The van der Waals surface area contributed by atoms with Crippen LogP contribution in [0.4, 0.5) is 0 Å². The standard InChI is InChI=1S/C11H21BrO2Si/c1-8(10(13)14)11(2,3)9(12)7-15(4,5)6/h7-8H,1-6H3,(H,13,14). The minimum Gasteiger partial charge on any atom is -0.481 e. The smallest absolute Gasteiger partial charge is 0.307 e. The molecule has 4 heteroatoms. The van der Waals surface area contributed by atoms with Gasteiger partial charge in [-0.05, 0) is 4.48 Å². The molecule has 15 heavy (non-hydrogen) atoms. The second-order valence-corrected chi connectivity index (χ2v) is 11.5. The molecule has 0 aliphatic carbocycles. The first-order valence-electron chi connectivity index (χ1n) is 5.10. The summed E-state index contributed by atoms with van der Waals surface area (Å²) in [6, 6.07) is 0. The summed E-state index contributed by atoms with van der Waals surface area (Å²) in [5, 5.41) is 9.03. The van der Waals surface area contributed by atoms with Crippen LogP contribution >= 0.6 is 15.9 Å². The number of carboxylic acid groups (broad SMARTS) is 1. The molecule has 0 aliphatic rings. The Labute approximate surface area is 102 Å². The number of rotatable bonds is 4. The first-order valence-corrected chi connectivity index (χ1v) is 9.47. The Morgan fingerprint density at radius 2 is 1.80 bits per heavy atom. The number of halogens is 1. The van der Waals surface area contributed by atoms with Gasteiger partial charge in [0, 0.05) is 5.41 Å². The van der Waals surface area contributed by atoms with Crippen LogP contribution in [0.15, 0.2) is 10.2 Å². The van der Waals surface area contributed by atoms with Crippen LogP contribution in [0, 0.1) is 11.3 Å². The van der Waals surface area contributed by atoms with Crippen molar-refractivity contribution in [3.05, 3.63) is 10.2 Å². The Balaban J connectivity index is 5.04. The van der Waals surface area contributed by atoms with E-state index in [1.807, 2.05) is 13.8 Å². The number of aliphatic carboxylic acids is 1. The summed E-state index contributed by atoms with van der Waals surface area (Å²) >= 11 is 3.54. The van der Waals surface area contributed by atoms with Gasteiger partial charge in [-0.1, -0.05) is 62.0 Å². The normalized spacial score (nSPS) is 16.3. The number of hydrogen-bond donors (Lipinski definition) is 1. The molecule has 0 amide bonds. The highest BCUT2D eigenvalue weighted by Crippen LogP contribution is 2.39. The van der Waals surface area contributed by atoms with Gasteiger partial charge in [0.25, 0.3) is 0 Å². The zero-order valence-corrected chi connectivity index (χ0v) is 13.0. The van der Waals surface area contributed by atoms with Crippen LogP contribution in [0.2, 0.25) is 19.6 Å². The molecule has 0 saturated carbocycles. The molecule has 0 fully saturated rings. The highest BCUT2D eigenvalue weighted by atomic mass is 79.9. The fourth-order valence-electron chi connectivity index (χ4n) is 1.08. The molecule has 88 valence electrons. The fourth-order valence-corrected chi connectivity index (χ4v) is 4.62. The number of allylic oxidation sites excluding steroid dienone is 1. The molecule has 0 aliphatic heterocycles. The summed E-state index contributed by atoms with van der Waals surface area (Å²) in [7, 11) is -1.31. The van der Waals surface area contributed by atoms with Crippen molar-refractivity contribution >= 4 is 30.0 Å². The minimum atomic E-state index is -1.31. The lowest BCUT2D eigenvalue weighted by atomic mass is 9.80. The minimum absolute atomic E-state index is 0.341. The predicted molar refractivity (Wildman–Crippen MR) is 70.9 cm³/mol. The highest BCUT2D eigenvalue weighted by molar-refractivity contribution is 9.11. The van der Waals surface area contributed by atoms with Crippen molar-refractivity contribution in [2.24, 2.45) is 11.3 Å². The summed E-state index contributed by atoms with van der Waals surface area (Å²) in [4.78, 5) is 11.0. The Hall–Kier alpha value is -0.0931. The molecule has 0 aromatic carbocycles. The first-order chi connectivity index (χ1) is 6.48. The van der Waals surface area contributed by atoms with Crippen LogP contribution in [0.1, 0.15) is 20.8 Å². The zero-order valence-electron chi connectivity index (χ0n) is 10.4. The summed E-state index contributed by atoms with van der Waals surface area (Å²) in [5.41, 5.74) is 1.87. The molecule has 0 radical (unpaired) electrons. The maximum atomic E-state index is 11.0. The third-order valence-corrected chi connectivity index (χ3v) is 5.46. The van der Waals surface area contributed by atoms with E-state index in [4.69, 9.17) is 5.11 Å². The molecule has 0 bridgehead atoms. The van der Waals surface area contributed by atoms with Crippen LogP contribution in [-0.2, 0) is 4.79 Å². The Morgan fingerprint density at radius 3 is 2.07 bits per heavy atom. The lowest BCUT2D eigenvalue weighted by molar-refractivity contribution is -0.143. The van der Waals surface area contributed by atoms with Gasteiger partial charge >= 0.3 is 5.97 Å². The predicted octanol–water partition coefficient (Wildman–Crippen LogP) is 3.89. The lowest BCUT2D eigenvalue weighted by Crippen LogP contribution is -2.30. The van der Waals surface area contributed by atoms with Crippen LogP contribution in [0.3, 0.4) is 0 Å². The first kappa shape index (κ1) is 14.9. The SMILES string of the molecule is CC(C(=O)O)C(C)(C)C(Br)=C[Si](C)(C)C. The van der Waals surface area contributed by atoms with E-state index >= 15 is 0 Å². The van der Waals surface area contributed by atoms with E-state index in [2.05, 4.69) is 41.3 Å². The van der Waals surface area contributed by atoms with Crippen molar-refractivity contribution in [2.45, 2.75) is 40.4 Å². The van der Waals surface area contributed by atoms with Crippen molar-refractivity contribution in [1.82, 2.24) is 0 Å². The quantitative estimate of drug-likeness (QED) is 0.798. The van der Waals surface area contributed by atoms with Crippen LogP contribution < -0.4 is 0 Å². The molecule has 0 aromatic rings. The summed E-state index contributed by atoms with van der Waals surface area (Å²) in [6.45, 7) is 12.4. The summed E-state index contributed by atoms with van der Waals surface area (Å²) in [5.74, 6) is -1.14. The van der Waals surface area contributed by atoms with Gasteiger partial charge in [0.15, 0.2) is 0 Å². The molecule has 0 aromatic heterocycles. The molecular weight excluding hydrogens is 272 g/mol. The van der Waals surface area contributed by atoms with E-state index in [0.29, 0.717) is 0 Å². The van der Waals surface area contributed by atoms with E-state index in [-0.39, 0.29) is 11.3 Å².